The molecule has 0 spiro atoms. The molecule has 0 radical (unpaired) electrons. The minimum atomic E-state index is -4.50. The Balaban J connectivity index is 1.69. The van der Waals surface area contributed by atoms with E-state index >= 15 is 0 Å². The van der Waals surface area contributed by atoms with Gasteiger partial charge in [0.15, 0.2) is 11.5 Å². The van der Waals surface area contributed by atoms with Crippen molar-refractivity contribution in [1.82, 2.24) is 4.90 Å². The maximum Gasteiger partial charge on any atom is 0.416 e. The van der Waals surface area contributed by atoms with Gasteiger partial charge in [0.2, 0.25) is 0 Å². The molecule has 5 rings (SSSR count). The van der Waals surface area contributed by atoms with Crippen molar-refractivity contribution in [1.29, 1.82) is 0 Å². The van der Waals surface area contributed by atoms with Crippen molar-refractivity contribution in [3.05, 3.63) is 107 Å². The summed E-state index contributed by atoms with van der Waals surface area (Å²) in [6.07, 6.45) is -3.97. The van der Waals surface area contributed by atoms with Crippen molar-refractivity contribution < 1.29 is 27.4 Å². The first-order valence-corrected chi connectivity index (χ1v) is 11.5. The number of hydrogen-bond donors (Lipinski definition) is 0. The topological polar surface area (TPSA) is 38.8 Å². The molecule has 7 heteroatoms. The Morgan fingerprint density at radius 1 is 0.889 bits per heavy atom. The van der Waals surface area contributed by atoms with Crippen LogP contribution in [0.3, 0.4) is 0 Å². The summed E-state index contributed by atoms with van der Waals surface area (Å²) < 4.78 is 51.8. The maximum atomic E-state index is 14.0. The zero-order valence-electron chi connectivity index (χ0n) is 19.8. The summed E-state index contributed by atoms with van der Waals surface area (Å²) in [5, 5.41) is 1.72. The minimum Gasteiger partial charge on any atom is -0.493 e. The molecule has 4 nitrogen and oxygen atoms in total. The molecule has 0 aliphatic carbocycles. The average molecular weight is 492 g/mol. The summed E-state index contributed by atoms with van der Waals surface area (Å²) in [4.78, 5) is 15.7. The lowest BCUT2D eigenvalue weighted by molar-refractivity contribution is -0.137. The number of amides is 1. The van der Waals surface area contributed by atoms with Crippen LogP contribution in [0.5, 0.6) is 11.5 Å². The molecule has 0 aromatic heterocycles. The second kappa shape index (κ2) is 9.22. The lowest BCUT2D eigenvalue weighted by Gasteiger charge is -2.38. The lowest BCUT2D eigenvalue weighted by atomic mass is 9.86. The van der Waals surface area contributed by atoms with Gasteiger partial charge in [0.1, 0.15) is 0 Å². The highest BCUT2D eigenvalue weighted by Crippen LogP contribution is 2.43. The van der Waals surface area contributed by atoms with E-state index in [9.17, 15) is 18.0 Å². The first-order valence-electron chi connectivity index (χ1n) is 11.5. The predicted molar refractivity (Wildman–Crippen MR) is 132 cm³/mol. The minimum absolute atomic E-state index is 0.241. The zero-order valence-corrected chi connectivity index (χ0v) is 19.8. The van der Waals surface area contributed by atoms with Crippen LogP contribution in [-0.2, 0) is 12.6 Å². The standard InChI is InChI=1S/C29H24F3NO3/c1-35-25-16-19-13-14-33(28(34)23-12-6-8-18-7-3-4-11-22(18)23)27(24(19)17-26(25)36-2)20-9-5-10-21(15-20)29(30,31)32/h3-12,15-17,27H,13-14H2,1-2H3. The fourth-order valence-electron chi connectivity index (χ4n) is 4.98. The van der Waals surface area contributed by atoms with Crippen LogP contribution in [0.15, 0.2) is 78.9 Å². The number of halogens is 3. The fraction of sp³-hybridized carbons (Fsp3) is 0.207. The second-order valence-electron chi connectivity index (χ2n) is 8.71. The van der Waals surface area contributed by atoms with E-state index in [1.54, 1.807) is 23.1 Å². The quantitative estimate of drug-likeness (QED) is 0.320. The van der Waals surface area contributed by atoms with Gasteiger partial charge in [-0.1, -0.05) is 48.5 Å². The van der Waals surface area contributed by atoms with Gasteiger partial charge < -0.3 is 14.4 Å². The Kier molecular flexibility index (Phi) is 6.08. The summed E-state index contributed by atoms with van der Waals surface area (Å²) in [5.74, 6) is 0.746. The Bertz CT molecular complexity index is 1440. The van der Waals surface area contributed by atoms with E-state index in [-0.39, 0.29) is 5.91 Å². The number of methoxy groups -OCH3 is 2. The van der Waals surface area contributed by atoms with Crippen LogP contribution in [0, 0.1) is 0 Å². The number of rotatable bonds is 4. The highest BCUT2D eigenvalue weighted by atomic mass is 19.4. The summed E-state index contributed by atoms with van der Waals surface area (Å²) in [5.41, 5.74) is 1.74. The van der Waals surface area contributed by atoms with E-state index < -0.39 is 17.8 Å². The molecule has 0 fully saturated rings. The van der Waals surface area contributed by atoms with Crippen molar-refractivity contribution in [2.45, 2.75) is 18.6 Å². The predicted octanol–water partition coefficient (Wildman–Crippen LogP) is 6.66. The molecule has 0 saturated carbocycles. The molecule has 0 saturated heterocycles. The van der Waals surface area contributed by atoms with Gasteiger partial charge in [-0.05, 0) is 64.2 Å². The molecule has 0 bridgehead atoms. The van der Waals surface area contributed by atoms with Crippen LogP contribution in [-0.4, -0.2) is 31.6 Å². The van der Waals surface area contributed by atoms with Crippen LogP contribution in [0.2, 0.25) is 0 Å². The van der Waals surface area contributed by atoms with Crippen molar-refractivity contribution in [2.24, 2.45) is 0 Å². The number of carbonyl (C=O) groups excluding carboxylic acids is 1. The fourth-order valence-corrected chi connectivity index (χ4v) is 4.98. The smallest absolute Gasteiger partial charge is 0.416 e. The van der Waals surface area contributed by atoms with E-state index in [1.165, 1.54) is 20.3 Å². The number of benzene rings is 4. The van der Waals surface area contributed by atoms with Gasteiger partial charge in [0.05, 0.1) is 25.8 Å². The number of alkyl halides is 3. The van der Waals surface area contributed by atoms with Gasteiger partial charge in [0.25, 0.3) is 5.91 Å². The van der Waals surface area contributed by atoms with Gasteiger partial charge in [-0.25, -0.2) is 0 Å². The number of nitrogens with zero attached hydrogens (tertiary/aromatic N) is 1. The summed E-state index contributed by atoms with van der Waals surface area (Å²) in [6, 6.07) is 21.1. The first kappa shape index (κ1) is 23.7. The molecule has 1 heterocycles. The van der Waals surface area contributed by atoms with E-state index in [1.807, 2.05) is 42.5 Å². The Morgan fingerprint density at radius 2 is 1.58 bits per heavy atom. The molecule has 1 amide bonds. The number of fused-ring (bicyclic) bond motifs is 2. The van der Waals surface area contributed by atoms with Gasteiger partial charge >= 0.3 is 6.18 Å². The number of hydrogen-bond acceptors (Lipinski definition) is 3. The number of ether oxygens (including phenoxy) is 2. The molecule has 0 N–H and O–H groups in total. The molecule has 4 aromatic carbocycles. The zero-order chi connectivity index (χ0) is 25.4. The van der Waals surface area contributed by atoms with Crippen molar-refractivity contribution in [3.8, 4) is 11.5 Å². The third-order valence-electron chi connectivity index (χ3n) is 6.68. The van der Waals surface area contributed by atoms with Crippen LogP contribution in [0.25, 0.3) is 10.8 Å². The molecular weight excluding hydrogens is 467 g/mol. The van der Waals surface area contributed by atoms with Crippen molar-refractivity contribution in [3.63, 3.8) is 0 Å². The molecule has 1 aliphatic rings. The Labute approximate surface area is 206 Å². The average Bonchev–Trinajstić information content (AvgIpc) is 2.90. The normalized spacial score (nSPS) is 15.5. The molecular formula is C29H24F3NO3. The third kappa shape index (κ3) is 4.15. The third-order valence-corrected chi connectivity index (χ3v) is 6.68. The van der Waals surface area contributed by atoms with Crippen LogP contribution in [0.4, 0.5) is 13.2 Å². The van der Waals surface area contributed by atoms with E-state index in [2.05, 4.69) is 0 Å². The van der Waals surface area contributed by atoms with Crippen LogP contribution < -0.4 is 9.47 Å². The Hall–Kier alpha value is -4.00. The monoisotopic (exact) mass is 491 g/mol. The SMILES string of the molecule is COc1cc2c(cc1OC)C(c1cccc(C(F)(F)F)c1)N(C(=O)c1cccc3ccccc13)CC2. The van der Waals surface area contributed by atoms with Crippen molar-refractivity contribution >= 4 is 16.7 Å². The maximum absolute atomic E-state index is 14.0. The second-order valence-corrected chi connectivity index (χ2v) is 8.71. The summed E-state index contributed by atoms with van der Waals surface area (Å²) in [7, 11) is 3.04. The van der Waals surface area contributed by atoms with Gasteiger partial charge in [-0.15, -0.1) is 0 Å². The van der Waals surface area contributed by atoms with E-state index in [4.69, 9.17) is 9.47 Å². The molecule has 36 heavy (non-hydrogen) atoms. The molecule has 184 valence electrons. The molecule has 1 aliphatic heterocycles. The summed E-state index contributed by atoms with van der Waals surface area (Å²) in [6.45, 7) is 0.339. The van der Waals surface area contributed by atoms with Crippen LogP contribution in [0.1, 0.15) is 38.7 Å². The molecule has 1 atom stereocenters. The largest absolute Gasteiger partial charge is 0.493 e. The highest BCUT2D eigenvalue weighted by Gasteiger charge is 2.36. The first-order chi connectivity index (χ1) is 17.3. The highest BCUT2D eigenvalue weighted by molar-refractivity contribution is 6.07. The summed E-state index contributed by atoms with van der Waals surface area (Å²) >= 11 is 0. The molecule has 4 aromatic rings. The molecule has 1 unspecified atom stereocenters. The van der Waals surface area contributed by atoms with Gasteiger partial charge in [-0.2, -0.15) is 13.2 Å². The van der Waals surface area contributed by atoms with Gasteiger partial charge in [-0.3, -0.25) is 4.79 Å². The van der Waals surface area contributed by atoms with Crippen LogP contribution >= 0.6 is 0 Å². The van der Waals surface area contributed by atoms with E-state index in [0.717, 1.165) is 28.5 Å². The van der Waals surface area contributed by atoms with E-state index in [0.29, 0.717) is 41.2 Å². The number of carbonyl (C=O) groups is 1. The Morgan fingerprint density at radius 3 is 2.33 bits per heavy atom. The van der Waals surface area contributed by atoms with Gasteiger partial charge in [0, 0.05) is 12.1 Å². The lowest BCUT2D eigenvalue weighted by Crippen LogP contribution is -2.40. The van der Waals surface area contributed by atoms with Crippen molar-refractivity contribution in [2.75, 3.05) is 20.8 Å².